The lowest BCUT2D eigenvalue weighted by Gasteiger charge is -2.29. The van der Waals surface area contributed by atoms with Crippen molar-refractivity contribution in [1.29, 1.82) is 0 Å². The zero-order valence-corrected chi connectivity index (χ0v) is 26.3. The monoisotopic (exact) mass is 695 g/mol. The number of hydrogen-bond acceptors (Lipinski definition) is 5. The summed E-state index contributed by atoms with van der Waals surface area (Å²) >= 11 is 9.83. The van der Waals surface area contributed by atoms with Crippen molar-refractivity contribution in [3.05, 3.63) is 124 Å². The van der Waals surface area contributed by atoms with Gasteiger partial charge in [-0.2, -0.15) is 18.6 Å². The van der Waals surface area contributed by atoms with E-state index in [1.807, 2.05) is 18.2 Å². The van der Waals surface area contributed by atoms with E-state index in [2.05, 4.69) is 49.8 Å². The normalized spacial score (nSPS) is 17.9. The lowest BCUT2D eigenvalue weighted by Crippen LogP contribution is -2.44. The van der Waals surface area contributed by atoms with Crippen molar-refractivity contribution >= 4 is 45.5 Å². The quantitative estimate of drug-likeness (QED) is 0.181. The molecule has 2 atom stereocenters. The minimum absolute atomic E-state index is 0.0345. The van der Waals surface area contributed by atoms with E-state index in [0.717, 1.165) is 16.4 Å². The summed E-state index contributed by atoms with van der Waals surface area (Å²) in [5.74, 6) is -0.732. The Bertz CT molecular complexity index is 1770. The van der Waals surface area contributed by atoms with Crippen molar-refractivity contribution in [2.24, 2.45) is 4.99 Å². The lowest BCUT2D eigenvalue weighted by molar-refractivity contribution is -0.132. The van der Waals surface area contributed by atoms with Gasteiger partial charge in [-0.1, -0.05) is 81.6 Å². The van der Waals surface area contributed by atoms with Crippen LogP contribution in [-0.4, -0.2) is 37.6 Å². The zero-order valence-electron chi connectivity index (χ0n) is 24.0. The molecule has 9 nitrogen and oxygen atoms in total. The number of aromatic nitrogens is 3. The predicted octanol–water partition coefficient (Wildman–Crippen LogP) is 7.62. The number of nitrogens with zero attached hydrogens (tertiary/aromatic N) is 5. The first-order valence-electron chi connectivity index (χ1n) is 13.6. The first kappa shape index (κ1) is 32.0. The summed E-state index contributed by atoms with van der Waals surface area (Å²) in [5, 5.41) is 6.91. The molecule has 45 heavy (non-hydrogen) atoms. The van der Waals surface area contributed by atoms with E-state index < -0.39 is 30.1 Å². The van der Waals surface area contributed by atoms with Crippen LogP contribution in [-0.2, 0) is 21.7 Å². The van der Waals surface area contributed by atoms with E-state index in [9.17, 15) is 18.4 Å². The van der Waals surface area contributed by atoms with Crippen molar-refractivity contribution in [2.75, 3.05) is 0 Å². The van der Waals surface area contributed by atoms with Gasteiger partial charge < -0.3 is 10.1 Å². The molecule has 0 unspecified atom stereocenters. The molecule has 3 aromatic carbocycles. The number of guanidine groups is 1. The van der Waals surface area contributed by atoms with Crippen molar-refractivity contribution < 1.29 is 23.1 Å². The van der Waals surface area contributed by atoms with E-state index in [1.54, 1.807) is 49.4 Å². The summed E-state index contributed by atoms with van der Waals surface area (Å²) in [6.07, 6.45) is 0.226. The average molecular weight is 697 g/mol. The maximum absolute atomic E-state index is 14.5. The highest BCUT2D eigenvalue weighted by Gasteiger charge is 2.53. The Morgan fingerprint density at radius 2 is 1.87 bits per heavy atom. The molecule has 1 aliphatic rings. The first-order chi connectivity index (χ1) is 21.5. The molecule has 0 saturated carbocycles. The minimum atomic E-state index is -2.96. The van der Waals surface area contributed by atoms with Gasteiger partial charge in [0, 0.05) is 16.5 Å². The third-order valence-electron chi connectivity index (χ3n) is 7.13. The molecule has 231 valence electrons. The number of alkyl halides is 2. The maximum atomic E-state index is 14.5. The Morgan fingerprint density at radius 3 is 2.53 bits per heavy atom. The molecular weight excluding hydrogens is 670 g/mol. The Balaban J connectivity index is 1.58. The predicted molar refractivity (Wildman–Crippen MR) is 169 cm³/mol. The van der Waals surface area contributed by atoms with Gasteiger partial charge in [0.2, 0.25) is 5.96 Å². The van der Waals surface area contributed by atoms with Crippen LogP contribution >= 0.6 is 27.5 Å². The van der Waals surface area contributed by atoms with E-state index in [0.29, 0.717) is 21.4 Å². The Hall–Kier alpha value is -4.42. The second kappa shape index (κ2) is 13.3. The molecule has 0 bridgehead atoms. The molecule has 1 fully saturated rings. The molecule has 0 spiro atoms. The van der Waals surface area contributed by atoms with Crippen LogP contribution in [0.1, 0.15) is 42.6 Å². The summed E-state index contributed by atoms with van der Waals surface area (Å²) in [7, 11) is 0. The zero-order chi connectivity index (χ0) is 32.3. The Morgan fingerprint density at radius 1 is 1.16 bits per heavy atom. The van der Waals surface area contributed by atoms with Crippen LogP contribution in [0.15, 0.2) is 101 Å². The smallest absolute Gasteiger partial charge is 0.437 e. The van der Waals surface area contributed by atoms with Gasteiger partial charge in [-0.05, 0) is 54.8 Å². The molecule has 1 saturated heterocycles. The third kappa shape index (κ3) is 6.66. The van der Waals surface area contributed by atoms with Crippen molar-refractivity contribution in [1.82, 2.24) is 25.0 Å². The first-order valence-corrected chi connectivity index (χ1v) is 14.8. The van der Waals surface area contributed by atoms with E-state index in [1.165, 1.54) is 17.0 Å². The number of benzene rings is 3. The fraction of sp³-hybridized carbons (Fsp3) is 0.188. The number of nitrogens with one attached hydrogen (secondary N) is 1. The topological polar surface area (TPSA) is 102 Å². The summed E-state index contributed by atoms with van der Waals surface area (Å²) < 4.78 is 33.9. The van der Waals surface area contributed by atoms with Gasteiger partial charge in [-0.3, -0.25) is 9.69 Å². The molecule has 5 rings (SSSR count). The molecule has 1 aliphatic heterocycles. The summed E-state index contributed by atoms with van der Waals surface area (Å²) in [6.45, 7) is 7.05. The number of carbonyl (C=O) groups is 2. The molecule has 13 heteroatoms. The minimum Gasteiger partial charge on any atom is -0.443 e. The number of halogens is 4. The second-order valence-electron chi connectivity index (χ2n) is 10.4. The Labute approximate surface area is 271 Å². The number of hydrogen-bond donors (Lipinski definition) is 1. The standard InChI is InChI=1S/C32H27BrClF2N6O3/c1-19(2)16-32(23-10-12-24(33)13-11-23)28(43)41(30(40-32)39-31(44)45-17-21-7-5-4-6-8-21)20(3)22-9-14-26(34)25(15-22)27-37-18-38-42(27)29(35)36/h4-15,18,20,29H,1,3,16-17H2,2H3,(H,39,40,44)/t20-,32+/m0/s1. The van der Waals surface area contributed by atoms with E-state index >= 15 is 0 Å². The molecule has 4 aromatic rings. The van der Waals surface area contributed by atoms with Crippen LogP contribution in [0.25, 0.3) is 11.4 Å². The highest BCUT2D eigenvalue weighted by atomic mass is 79.9. The van der Waals surface area contributed by atoms with Gasteiger partial charge in [-0.25, -0.2) is 9.78 Å². The maximum Gasteiger partial charge on any atom is 0.437 e. The van der Waals surface area contributed by atoms with Crippen LogP contribution in [0.3, 0.4) is 0 Å². The van der Waals surface area contributed by atoms with Gasteiger partial charge in [0.05, 0.1) is 11.1 Å². The van der Waals surface area contributed by atoms with Crippen molar-refractivity contribution in [3.8, 4) is 11.4 Å². The Kier molecular flexibility index (Phi) is 9.45. The van der Waals surface area contributed by atoms with Gasteiger partial charge in [0.15, 0.2) is 5.82 Å². The SMILES string of the molecule is [CH2][C@@H](c1ccc(Cl)c(-c2ncnn2C(F)F)c1)N1C(=O)[C@@](CC(=C)C)(c2ccc(Br)cc2)N/C1=N/C(=O)OCc1ccccc1. The van der Waals surface area contributed by atoms with Crippen molar-refractivity contribution in [3.63, 3.8) is 0 Å². The van der Waals surface area contributed by atoms with Crippen LogP contribution in [0.5, 0.6) is 0 Å². The van der Waals surface area contributed by atoms with Crippen LogP contribution in [0.4, 0.5) is 13.6 Å². The third-order valence-corrected chi connectivity index (χ3v) is 7.99. The van der Waals surface area contributed by atoms with E-state index in [-0.39, 0.29) is 35.4 Å². The summed E-state index contributed by atoms with van der Waals surface area (Å²) in [4.78, 5) is 36.9. The van der Waals surface area contributed by atoms with Crippen LogP contribution in [0.2, 0.25) is 5.02 Å². The van der Waals surface area contributed by atoms with Crippen molar-refractivity contribution in [2.45, 2.75) is 38.1 Å². The molecule has 0 aliphatic carbocycles. The fourth-order valence-electron chi connectivity index (χ4n) is 5.08. The molecule has 1 aromatic heterocycles. The number of ether oxygens (including phenoxy) is 1. The molecule has 2 amide bonds. The van der Waals surface area contributed by atoms with Gasteiger partial charge >= 0.3 is 12.6 Å². The van der Waals surface area contributed by atoms with Crippen LogP contribution < -0.4 is 5.32 Å². The number of amides is 2. The highest BCUT2D eigenvalue weighted by Crippen LogP contribution is 2.40. The van der Waals surface area contributed by atoms with Crippen LogP contribution in [0, 0.1) is 6.92 Å². The van der Waals surface area contributed by atoms with Gasteiger partial charge in [0.25, 0.3) is 5.91 Å². The molecular formula is C32H27BrClF2N6O3. The summed E-state index contributed by atoms with van der Waals surface area (Å²) in [6, 6.07) is 19.8. The fourth-order valence-corrected chi connectivity index (χ4v) is 5.54. The van der Waals surface area contributed by atoms with E-state index in [4.69, 9.17) is 16.3 Å². The number of carbonyl (C=O) groups excluding carboxylic acids is 2. The lowest BCUT2D eigenvalue weighted by atomic mass is 9.84. The average Bonchev–Trinajstić information content (AvgIpc) is 3.60. The largest absolute Gasteiger partial charge is 0.443 e. The molecule has 1 radical (unpaired) electrons. The molecule has 1 N–H and O–H groups in total. The molecule has 2 heterocycles. The van der Waals surface area contributed by atoms with Gasteiger partial charge in [-0.15, -0.1) is 11.6 Å². The highest BCUT2D eigenvalue weighted by molar-refractivity contribution is 9.10. The summed E-state index contributed by atoms with van der Waals surface area (Å²) in [5.41, 5.74) is 1.20. The second-order valence-corrected chi connectivity index (χ2v) is 11.7. The number of aliphatic imine (C=N–C) groups is 1. The van der Waals surface area contributed by atoms with Gasteiger partial charge in [0.1, 0.15) is 18.5 Å². The number of rotatable bonds is 9.